The second kappa shape index (κ2) is 6.24. The molecule has 0 saturated carbocycles. The SMILES string of the molecule is COC(=O)/C=C(/C)[NH-].[Y]. The summed E-state index contributed by atoms with van der Waals surface area (Å²) in [4.78, 5) is 10.2. The molecule has 1 N–H and O–H groups in total. The summed E-state index contributed by atoms with van der Waals surface area (Å²) in [7, 11) is 1.28. The standard InChI is InChI=1S/C5H9NO2.Y/c1-4(6)3-5(7)8-2;/h3H,1-2H3,(H2,6,7);/p-1. The van der Waals surface area contributed by atoms with E-state index in [9.17, 15) is 4.79 Å². The molecule has 3 nitrogen and oxygen atoms in total. The molecular weight excluding hydrogens is 195 g/mol. The molecule has 0 fully saturated rings. The van der Waals surface area contributed by atoms with Crippen molar-refractivity contribution in [1.82, 2.24) is 0 Å². The van der Waals surface area contributed by atoms with E-state index >= 15 is 0 Å². The monoisotopic (exact) mass is 203 g/mol. The van der Waals surface area contributed by atoms with Gasteiger partial charge >= 0.3 is 5.97 Å². The van der Waals surface area contributed by atoms with E-state index in [2.05, 4.69) is 4.74 Å². The molecule has 0 atom stereocenters. The fourth-order valence-electron chi connectivity index (χ4n) is 0.236. The van der Waals surface area contributed by atoms with E-state index < -0.39 is 5.97 Å². The number of esters is 1. The number of nitrogens with one attached hydrogen (secondary N) is 1. The zero-order valence-corrected chi connectivity index (χ0v) is 8.31. The smallest absolute Gasteiger partial charge is 0.328 e. The largest absolute Gasteiger partial charge is 0.702 e. The molecule has 0 bridgehead atoms. The first-order valence-corrected chi connectivity index (χ1v) is 2.14. The summed E-state index contributed by atoms with van der Waals surface area (Å²) in [6.07, 6.45) is 1.11. The fraction of sp³-hybridized carbons (Fsp3) is 0.400. The molecule has 0 unspecified atom stereocenters. The second-order valence-corrected chi connectivity index (χ2v) is 1.35. The molecule has 0 spiro atoms. The van der Waals surface area contributed by atoms with Gasteiger partial charge in [0.1, 0.15) is 0 Å². The molecule has 0 aliphatic heterocycles. The molecule has 0 aromatic heterocycles. The zero-order chi connectivity index (χ0) is 6.57. The average molecular weight is 203 g/mol. The van der Waals surface area contributed by atoms with Crippen LogP contribution in [-0.4, -0.2) is 13.1 Å². The minimum Gasteiger partial charge on any atom is -0.702 e. The molecular formula is C5H8NO2Y-. The van der Waals surface area contributed by atoms with Gasteiger partial charge in [-0.2, -0.15) is 5.70 Å². The van der Waals surface area contributed by atoms with Gasteiger partial charge in [-0.15, -0.1) is 0 Å². The van der Waals surface area contributed by atoms with E-state index in [1.165, 1.54) is 14.0 Å². The van der Waals surface area contributed by atoms with Gasteiger partial charge in [-0.05, 0) is 0 Å². The molecule has 0 aliphatic carbocycles. The van der Waals surface area contributed by atoms with Crippen LogP contribution in [0.5, 0.6) is 0 Å². The first kappa shape index (κ1) is 11.9. The Bertz CT molecular complexity index is 118. The average Bonchev–Trinajstić information content (AvgIpc) is 1.65. The molecule has 0 aromatic rings. The fourth-order valence-corrected chi connectivity index (χ4v) is 0.236. The van der Waals surface area contributed by atoms with Crippen molar-refractivity contribution in [2.75, 3.05) is 7.11 Å². The Morgan fingerprint density at radius 1 is 1.67 bits per heavy atom. The minimum absolute atomic E-state index is 0. The number of hydrogen-bond donors (Lipinski definition) is 0. The van der Waals surface area contributed by atoms with Crippen LogP contribution in [0.3, 0.4) is 0 Å². The van der Waals surface area contributed by atoms with E-state index in [0.717, 1.165) is 6.08 Å². The maximum absolute atomic E-state index is 10.2. The summed E-state index contributed by atoms with van der Waals surface area (Å²) in [5.41, 5.74) is 6.98. The van der Waals surface area contributed by atoms with Crippen molar-refractivity contribution in [3.05, 3.63) is 17.5 Å². The number of carbonyl (C=O) groups excluding carboxylic acids is 1. The predicted octanol–water partition coefficient (Wildman–Crippen LogP) is 1.11. The number of allylic oxidation sites excluding steroid dienone is 1. The quantitative estimate of drug-likeness (QED) is 0.473. The van der Waals surface area contributed by atoms with E-state index in [4.69, 9.17) is 5.73 Å². The summed E-state index contributed by atoms with van der Waals surface area (Å²) < 4.78 is 4.23. The van der Waals surface area contributed by atoms with Crippen molar-refractivity contribution in [3.63, 3.8) is 0 Å². The molecule has 0 saturated heterocycles. The molecule has 1 radical (unpaired) electrons. The van der Waals surface area contributed by atoms with Gasteiger partial charge in [0.25, 0.3) is 0 Å². The molecule has 0 rings (SSSR count). The number of rotatable bonds is 1. The van der Waals surface area contributed by atoms with Crippen molar-refractivity contribution < 1.29 is 42.2 Å². The van der Waals surface area contributed by atoms with Gasteiger partial charge in [0.15, 0.2) is 0 Å². The van der Waals surface area contributed by atoms with Crippen molar-refractivity contribution in [1.29, 1.82) is 0 Å². The van der Waals surface area contributed by atoms with E-state index in [0.29, 0.717) is 0 Å². The topological polar surface area (TPSA) is 50.1 Å². The van der Waals surface area contributed by atoms with Crippen LogP contribution in [0.2, 0.25) is 0 Å². The number of carbonyl (C=O) groups is 1. The molecule has 49 valence electrons. The van der Waals surface area contributed by atoms with Gasteiger partial charge in [-0.3, -0.25) is 0 Å². The third-order valence-corrected chi connectivity index (χ3v) is 0.536. The van der Waals surface area contributed by atoms with Crippen LogP contribution >= 0.6 is 0 Å². The predicted molar refractivity (Wildman–Crippen MR) is 30.1 cm³/mol. The number of hydrogen-bond acceptors (Lipinski definition) is 2. The Hall–Kier alpha value is 0.114. The third-order valence-electron chi connectivity index (χ3n) is 0.536. The summed E-state index contributed by atoms with van der Waals surface area (Å²) in [5.74, 6) is -0.475. The maximum Gasteiger partial charge on any atom is 0.328 e. The van der Waals surface area contributed by atoms with Gasteiger partial charge in [-0.25, -0.2) is 4.79 Å². The van der Waals surface area contributed by atoms with E-state index in [1.807, 2.05) is 0 Å². The summed E-state index contributed by atoms with van der Waals surface area (Å²) in [5, 5.41) is 0. The van der Waals surface area contributed by atoms with Gasteiger partial charge < -0.3 is 10.5 Å². The molecule has 4 heteroatoms. The van der Waals surface area contributed by atoms with Crippen molar-refractivity contribution in [2.24, 2.45) is 0 Å². The van der Waals surface area contributed by atoms with Crippen molar-refractivity contribution in [3.8, 4) is 0 Å². The van der Waals surface area contributed by atoms with E-state index in [-0.39, 0.29) is 38.4 Å². The van der Waals surface area contributed by atoms with Crippen LogP contribution in [0.4, 0.5) is 0 Å². The van der Waals surface area contributed by atoms with Gasteiger partial charge in [0.2, 0.25) is 0 Å². The van der Waals surface area contributed by atoms with Crippen LogP contribution in [0.15, 0.2) is 11.8 Å². The summed E-state index contributed by atoms with van der Waals surface area (Å²) in [6.45, 7) is 1.51. The van der Waals surface area contributed by atoms with Gasteiger partial charge in [0.05, 0.1) is 7.11 Å². The van der Waals surface area contributed by atoms with Crippen LogP contribution in [0.1, 0.15) is 6.92 Å². The van der Waals surface area contributed by atoms with Gasteiger partial charge in [0, 0.05) is 38.8 Å². The summed E-state index contributed by atoms with van der Waals surface area (Å²) >= 11 is 0. The first-order chi connectivity index (χ1) is 3.66. The zero-order valence-electron chi connectivity index (χ0n) is 5.47. The Kier molecular flexibility index (Phi) is 8.22. The molecule has 0 heterocycles. The van der Waals surface area contributed by atoms with Crippen LogP contribution in [-0.2, 0) is 42.2 Å². The van der Waals surface area contributed by atoms with Gasteiger partial charge in [-0.1, -0.05) is 6.92 Å². The Labute approximate surface area is 79.5 Å². The molecule has 0 aromatic carbocycles. The maximum atomic E-state index is 10.2. The number of methoxy groups -OCH3 is 1. The Balaban J connectivity index is 0. The Morgan fingerprint density at radius 3 is 2.22 bits per heavy atom. The Morgan fingerprint density at radius 2 is 2.11 bits per heavy atom. The third kappa shape index (κ3) is 8.11. The van der Waals surface area contributed by atoms with Crippen LogP contribution in [0.25, 0.3) is 5.73 Å². The molecule has 0 aliphatic rings. The van der Waals surface area contributed by atoms with Crippen molar-refractivity contribution >= 4 is 5.97 Å². The number of ether oxygens (including phenoxy) is 1. The van der Waals surface area contributed by atoms with Crippen LogP contribution in [0, 0.1) is 0 Å². The molecule has 9 heavy (non-hydrogen) atoms. The van der Waals surface area contributed by atoms with Crippen molar-refractivity contribution in [2.45, 2.75) is 6.92 Å². The summed E-state index contributed by atoms with van der Waals surface area (Å²) in [6, 6.07) is 0. The molecule has 0 amide bonds. The second-order valence-electron chi connectivity index (χ2n) is 1.35. The van der Waals surface area contributed by atoms with Crippen LogP contribution < -0.4 is 0 Å². The van der Waals surface area contributed by atoms with E-state index in [1.54, 1.807) is 0 Å². The normalized spacial score (nSPS) is 9.78. The first-order valence-electron chi connectivity index (χ1n) is 2.14. The minimum atomic E-state index is -0.475.